The van der Waals surface area contributed by atoms with Crippen LogP contribution < -0.4 is 45.3 Å². The molecule has 1 aliphatic rings. The fourth-order valence-electron chi connectivity index (χ4n) is 4.29. The molecule has 0 bridgehead atoms. The summed E-state index contributed by atoms with van der Waals surface area (Å²) in [6.45, 7) is 3.64. The molecule has 0 aliphatic carbocycles. The SMILES string of the molecule is CCSCCCOC1CC(O)C(NC(C)=O)C(C(O)CCNC(=O)c2ccc(-c3ccccc3)cc2)O1.O=C[O-].[Na+]. The van der Waals surface area contributed by atoms with E-state index in [9.17, 15) is 19.8 Å². The Labute approximate surface area is 267 Å². The van der Waals surface area contributed by atoms with Crippen molar-refractivity contribution in [2.24, 2.45) is 0 Å². The molecule has 2 amide bonds. The Bertz CT molecular complexity index is 1030. The summed E-state index contributed by atoms with van der Waals surface area (Å²) in [5.74, 6) is 1.44. The first-order valence-electron chi connectivity index (χ1n) is 13.3. The van der Waals surface area contributed by atoms with E-state index in [1.807, 2.05) is 54.2 Å². The van der Waals surface area contributed by atoms with Crippen molar-refractivity contribution >= 4 is 30.0 Å². The molecule has 3 rings (SSSR count). The predicted molar refractivity (Wildman–Crippen MR) is 151 cm³/mol. The zero-order valence-corrected chi connectivity index (χ0v) is 26.7. The molecule has 4 N–H and O–H groups in total. The number of carbonyl (C=O) groups is 3. The molecule has 5 unspecified atom stereocenters. The number of carbonyl (C=O) groups excluding carboxylic acids is 3. The van der Waals surface area contributed by atoms with Crippen LogP contribution >= 0.6 is 11.8 Å². The number of carboxylic acid groups (broad SMARTS) is 1. The Kier molecular flexibility index (Phi) is 18.8. The molecule has 0 aromatic heterocycles. The van der Waals surface area contributed by atoms with E-state index in [0.717, 1.165) is 29.1 Å². The van der Waals surface area contributed by atoms with Crippen molar-refractivity contribution in [3.05, 3.63) is 60.2 Å². The van der Waals surface area contributed by atoms with Gasteiger partial charge >= 0.3 is 29.6 Å². The number of hydrogen-bond donors (Lipinski definition) is 4. The molecular formula is C29H39N2NaO8S. The average Bonchev–Trinajstić information content (AvgIpc) is 2.95. The Morgan fingerprint density at radius 3 is 2.41 bits per heavy atom. The Morgan fingerprint density at radius 2 is 1.80 bits per heavy atom. The van der Waals surface area contributed by atoms with Gasteiger partial charge in [-0.1, -0.05) is 49.4 Å². The maximum Gasteiger partial charge on any atom is 1.00 e. The van der Waals surface area contributed by atoms with E-state index in [1.165, 1.54) is 6.92 Å². The van der Waals surface area contributed by atoms with Crippen molar-refractivity contribution in [2.75, 3.05) is 24.7 Å². The first kappa shape index (κ1) is 37.1. The van der Waals surface area contributed by atoms with Crippen LogP contribution in [-0.2, 0) is 19.1 Å². The normalized spacial score (nSPS) is 20.4. The summed E-state index contributed by atoms with van der Waals surface area (Å²) in [7, 11) is 0. The van der Waals surface area contributed by atoms with Crippen LogP contribution in [0.4, 0.5) is 0 Å². The van der Waals surface area contributed by atoms with Gasteiger partial charge in [0.1, 0.15) is 6.10 Å². The minimum atomic E-state index is -1.03. The summed E-state index contributed by atoms with van der Waals surface area (Å²) < 4.78 is 11.8. The summed E-state index contributed by atoms with van der Waals surface area (Å²) in [4.78, 5) is 32.6. The van der Waals surface area contributed by atoms with Gasteiger partial charge in [-0.25, -0.2) is 0 Å². The van der Waals surface area contributed by atoms with Gasteiger partial charge in [-0.2, -0.15) is 11.8 Å². The Balaban J connectivity index is 0.00000201. The molecule has 220 valence electrons. The van der Waals surface area contributed by atoms with E-state index in [2.05, 4.69) is 17.6 Å². The van der Waals surface area contributed by atoms with Crippen molar-refractivity contribution in [3.63, 3.8) is 0 Å². The molecule has 1 aliphatic heterocycles. The van der Waals surface area contributed by atoms with Crippen LogP contribution in [0.5, 0.6) is 0 Å². The number of ether oxygens (including phenoxy) is 2. The molecule has 1 heterocycles. The molecule has 10 nitrogen and oxygen atoms in total. The molecule has 0 saturated carbocycles. The molecule has 2 aromatic carbocycles. The number of benzene rings is 2. The molecule has 1 saturated heterocycles. The number of aliphatic hydroxyl groups is 2. The van der Waals surface area contributed by atoms with Gasteiger partial charge in [0.15, 0.2) is 6.29 Å². The van der Waals surface area contributed by atoms with Crippen LogP contribution in [0.2, 0.25) is 0 Å². The fraction of sp³-hybridized carbons (Fsp3) is 0.483. The monoisotopic (exact) mass is 598 g/mol. The largest absolute Gasteiger partial charge is 1.00 e. The van der Waals surface area contributed by atoms with Gasteiger partial charge in [0.2, 0.25) is 5.91 Å². The second kappa shape index (κ2) is 20.8. The molecule has 0 radical (unpaired) electrons. The van der Waals surface area contributed by atoms with Crippen LogP contribution in [-0.4, -0.2) is 83.8 Å². The third-order valence-corrected chi connectivity index (χ3v) is 7.17. The number of rotatable bonds is 13. The van der Waals surface area contributed by atoms with Gasteiger partial charge in [-0.15, -0.1) is 0 Å². The van der Waals surface area contributed by atoms with Crippen LogP contribution in [0.25, 0.3) is 11.1 Å². The van der Waals surface area contributed by atoms with Crippen LogP contribution in [0.3, 0.4) is 0 Å². The summed E-state index contributed by atoms with van der Waals surface area (Å²) >= 11 is 1.83. The second-order valence-corrected chi connectivity index (χ2v) is 10.5. The first-order chi connectivity index (χ1) is 19.3. The fourth-order valence-corrected chi connectivity index (χ4v) is 4.90. The average molecular weight is 599 g/mol. The van der Waals surface area contributed by atoms with Crippen LogP contribution in [0.15, 0.2) is 54.6 Å². The Hall–Kier alpha value is -1.96. The van der Waals surface area contributed by atoms with Crippen molar-refractivity contribution in [1.29, 1.82) is 0 Å². The molecule has 1 fully saturated rings. The van der Waals surface area contributed by atoms with E-state index in [-0.39, 0.29) is 60.8 Å². The van der Waals surface area contributed by atoms with Crippen molar-refractivity contribution in [3.8, 4) is 11.1 Å². The molecule has 5 atom stereocenters. The van der Waals surface area contributed by atoms with Crippen molar-refractivity contribution in [1.82, 2.24) is 10.6 Å². The van der Waals surface area contributed by atoms with E-state index >= 15 is 0 Å². The van der Waals surface area contributed by atoms with Gasteiger partial charge in [0.05, 0.1) is 24.9 Å². The predicted octanol–water partition coefficient (Wildman–Crippen LogP) is -1.66. The maximum absolute atomic E-state index is 12.6. The number of aliphatic hydroxyl groups excluding tert-OH is 2. The number of amides is 2. The molecule has 2 aromatic rings. The number of nitrogens with one attached hydrogen (secondary N) is 2. The minimum absolute atomic E-state index is 0. The van der Waals surface area contributed by atoms with Crippen LogP contribution in [0, 0.1) is 0 Å². The van der Waals surface area contributed by atoms with Gasteiger partial charge in [0, 0.05) is 31.9 Å². The molecule has 0 spiro atoms. The zero-order valence-electron chi connectivity index (χ0n) is 23.9. The van der Waals surface area contributed by atoms with Gasteiger partial charge in [-0.05, 0) is 47.6 Å². The van der Waals surface area contributed by atoms with E-state index < -0.39 is 37.1 Å². The quantitative estimate of drug-likeness (QED) is 0.120. The number of hydrogen-bond acceptors (Lipinski definition) is 9. The second-order valence-electron chi connectivity index (χ2n) is 9.13. The number of thioether (sulfide) groups is 1. The Morgan fingerprint density at radius 1 is 1.17 bits per heavy atom. The smallest absolute Gasteiger partial charge is 0.554 e. The van der Waals surface area contributed by atoms with E-state index in [4.69, 9.17) is 19.4 Å². The summed E-state index contributed by atoms with van der Waals surface area (Å²) in [6.07, 6.45) is -2.27. The summed E-state index contributed by atoms with van der Waals surface area (Å²) in [5.41, 5.74) is 2.61. The third-order valence-electron chi connectivity index (χ3n) is 6.18. The molecule has 41 heavy (non-hydrogen) atoms. The molecule has 12 heteroatoms. The van der Waals surface area contributed by atoms with Gasteiger partial charge < -0.3 is 40.2 Å². The summed E-state index contributed by atoms with van der Waals surface area (Å²) in [5, 5.41) is 35.3. The summed E-state index contributed by atoms with van der Waals surface area (Å²) in [6, 6.07) is 16.5. The standard InChI is InChI=1S/C28H38N2O6S.CH2O2.Na/c1-3-37-17-7-16-35-25-18-24(33)26(30-19(2)31)27(36-25)23(32)14-15-29-28(34)22-12-10-21(11-13-22)20-8-5-4-6-9-20;2-1-3;/h4-6,8-13,23-27,32-33H,3,7,14-18H2,1-2H3,(H,29,34)(H,30,31);1H,(H,2,3);/q;;+1/p-1. The minimum Gasteiger partial charge on any atom is -0.554 e. The van der Waals surface area contributed by atoms with E-state index in [1.54, 1.807) is 12.1 Å². The van der Waals surface area contributed by atoms with Crippen molar-refractivity contribution < 1.29 is 68.7 Å². The van der Waals surface area contributed by atoms with Crippen molar-refractivity contribution in [2.45, 2.75) is 63.8 Å². The van der Waals surface area contributed by atoms with Crippen LogP contribution in [0.1, 0.15) is 43.5 Å². The third kappa shape index (κ3) is 13.3. The first-order valence-corrected chi connectivity index (χ1v) is 14.4. The zero-order chi connectivity index (χ0) is 29.3. The topological polar surface area (TPSA) is 157 Å². The van der Waals surface area contributed by atoms with E-state index in [0.29, 0.717) is 12.2 Å². The maximum atomic E-state index is 12.6. The van der Waals surface area contributed by atoms with Gasteiger partial charge in [-0.3, -0.25) is 9.59 Å². The molecular weight excluding hydrogens is 559 g/mol. The van der Waals surface area contributed by atoms with Gasteiger partial charge in [0.25, 0.3) is 5.91 Å².